The van der Waals surface area contributed by atoms with Crippen LogP contribution in [0.15, 0.2) is 54.2 Å². The fraction of sp³-hybridized carbons (Fsp3) is 0.304. The molecule has 152 valence electrons. The van der Waals surface area contributed by atoms with Crippen molar-refractivity contribution >= 4 is 40.5 Å². The van der Waals surface area contributed by atoms with Gasteiger partial charge in [0, 0.05) is 5.41 Å². The monoisotopic (exact) mass is 505 g/mol. The number of nitrogens with one attached hydrogen (secondary N) is 1. The molecule has 1 fully saturated rings. The zero-order valence-corrected chi connectivity index (χ0v) is 18.4. The number of rotatable bonds is 6. The van der Waals surface area contributed by atoms with Crippen LogP contribution in [-0.4, -0.2) is 17.0 Å². The van der Waals surface area contributed by atoms with Gasteiger partial charge in [-0.05, 0) is 71.3 Å². The van der Waals surface area contributed by atoms with E-state index in [0.717, 1.165) is 41.4 Å². The van der Waals surface area contributed by atoms with Crippen LogP contribution < -0.4 is 10.1 Å². The number of carboxylic acids is 1. The molecule has 0 saturated heterocycles. The molecule has 1 saturated carbocycles. The maximum atomic E-state index is 12.7. The number of benzene rings is 2. The molecule has 1 aliphatic rings. The van der Waals surface area contributed by atoms with E-state index in [-0.39, 0.29) is 11.6 Å². The van der Waals surface area contributed by atoms with Gasteiger partial charge in [-0.15, -0.1) is 0 Å². The van der Waals surface area contributed by atoms with E-state index >= 15 is 0 Å². The smallest absolute Gasteiger partial charge is 0.352 e. The molecule has 0 radical (unpaired) electrons. The molecule has 1 amide bonds. The van der Waals surface area contributed by atoms with Gasteiger partial charge in [0.15, 0.2) is 0 Å². The van der Waals surface area contributed by atoms with Gasteiger partial charge in [-0.1, -0.05) is 50.5 Å². The summed E-state index contributed by atoms with van der Waals surface area (Å²) in [4.78, 5) is 24.3. The highest BCUT2D eigenvalue weighted by molar-refractivity contribution is 14.1. The lowest BCUT2D eigenvalue weighted by molar-refractivity contribution is -0.137. The summed E-state index contributed by atoms with van der Waals surface area (Å²) in [6.07, 6.45) is 6.17. The standard InChI is InChI=1S/C23H24INO4/c1-23(13-5-2-6-14-23)22(28)25-19(21(26)27)15-16-9-11-17(12-10-16)29-20-8-4-3-7-18(20)24/h3-4,7-12,15H,2,5-6,13-14H2,1H3,(H,25,28)(H,26,27)/b19-15+. The number of para-hydroxylation sites is 1. The summed E-state index contributed by atoms with van der Waals surface area (Å²) in [6, 6.07) is 14.8. The third-order valence-corrected chi connectivity index (χ3v) is 6.13. The van der Waals surface area contributed by atoms with Crippen molar-refractivity contribution in [3.63, 3.8) is 0 Å². The van der Waals surface area contributed by atoms with E-state index in [1.54, 1.807) is 24.3 Å². The van der Waals surface area contributed by atoms with E-state index < -0.39 is 11.4 Å². The molecule has 29 heavy (non-hydrogen) atoms. The van der Waals surface area contributed by atoms with Crippen LogP contribution in [0, 0.1) is 8.99 Å². The van der Waals surface area contributed by atoms with Crippen LogP contribution in [0.5, 0.6) is 11.5 Å². The van der Waals surface area contributed by atoms with E-state index in [1.807, 2.05) is 31.2 Å². The number of halogens is 1. The largest absolute Gasteiger partial charge is 0.477 e. The van der Waals surface area contributed by atoms with Gasteiger partial charge in [0.1, 0.15) is 17.2 Å². The topological polar surface area (TPSA) is 75.6 Å². The summed E-state index contributed by atoms with van der Waals surface area (Å²) in [5, 5.41) is 12.2. The Morgan fingerprint density at radius 3 is 2.34 bits per heavy atom. The second kappa shape index (κ2) is 9.43. The van der Waals surface area contributed by atoms with Gasteiger partial charge in [0.05, 0.1) is 3.57 Å². The van der Waals surface area contributed by atoms with Crippen molar-refractivity contribution in [3.05, 3.63) is 63.4 Å². The molecule has 0 aliphatic heterocycles. The highest BCUT2D eigenvalue weighted by atomic mass is 127. The fourth-order valence-corrected chi connectivity index (χ4v) is 3.93. The number of amides is 1. The number of hydrogen-bond donors (Lipinski definition) is 2. The van der Waals surface area contributed by atoms with Crippen molar-refractivity contribution in [1.29, 1.82) is 0 Å². The van der Waals surface area contributed by atoms with Gasteiger partial charge in [0.25, 0.3) is 0 Å². The van der Waals surface area contributed by atoms with Crippen molar-refractivity contribution < 1.29 is 19.4 Å². The summed E-state index contributed by atoms with van der Waals surface area (Å²) in [5.74, 6) is 0.0406. The minimum Gasteiger partial charge on any atom is -0.477 e. The number of hydrogen-bond acceptors (Lipinski definition) is 3. The van der Waals surface area contributed by atoms with Gasteiger partial charge in [-0.25, -0.2) is 4.79 Å². The second-order valence-corrected chi connectivity index (χ2v) is 8.70. The highest BCUT2D eigenvalue weighted by Gasteiger charge is 2.35. The van der Waals surface area contributed by atoms with Gasteiger partial charge in [-0.2, -0.15) is 0 Å². The van der Waals surface area contributed by atoms with Gasteiger partial charge in [0.2, 0.25) is 5.91 Å². The molecule has 0 spiro atoms. The first-order valence-electron chi connectivity index (χ1n) is 9.66. The fourth-order valence-electron chi connectivity index (χ4n) is 3.44. The average molecular weight is 505 g/mol. The Morgan fingerprint density at radius 2 is 1.72 bits per heavy atom. The molecule has 0 unspecified atom stereocenters. The molecule has 5 nitrogen and oxygen atoms in total. The number of ether oxygens (including phenoxy) is 1. The zero-order valence-electron chi connectivity index (χ0n) is 16.3. The number of aliphatic carboxylic acids is 1. The molecule has 6 heteroatoms. The Morgan fingerprint density at radius 1 is 1.07 bits per heavy atom. The molecule has 2 N–H and O–H groups in total. The minimum absolute atomic E-state index is 0.118. The Hall–Kier alpha value is -2.35. The highest BCUT2D eigenvalue weighted by Crippen LogP contribution is 2.36. The van der Waals surface area contributed by atoms with Crippen LogP contribution in [-0.2, 0) is 9.59 Å². The van der Waals surface area contributed by atoms with Crippen LogP contribution in [0.1, 0.15) is 44.6 Å². The lowest BCUT2D eigenvalue weighted by Gasteiger charge is -2.32. The quantitative estimate of drug-likeness (QED) is 0.396. The Labute approximate surface area is 184 Å². The Kier molecular flexibility index (Phi) is 6.95. The van der Waals surface area contributed by atoms with Crippen LogP contribution in [0.4, 0.5) is 0 Å². The first-order valence-corrected chi connectivity index (χ1v) is 10.7. The minimum atomic E-state index is -1.16. The summed E-state index contributed by atoms with van der Waals surface area (Å²) < 4.78 is 6.86. The van der Waals surface area contributed by atoms with Crippen LogP contribution in [0.25, 0.3) is 6.08 Å². The summed E-state index contributed by atoms with van der Waals surface area (Å²) in [7, 11) is 0. The summed E-state index contributed by atoms with van der Waals surface area (Å²) in [6.45, 7) is 1.91. The lowest BCUT2D eigenvalue weighted by Crippen LogP contribution is -2.41. The van der Waals surface area contributed by atoms with Crippen molar-refractivity contribution in [3.8, 4) is 11.5 Å². The Balaban J connectivity index is 1.72. The van der Waals surface area contributed by atoms with E-state index in [9.17, 15) is 14.7 Å². The predicted octanol–water partition coefficient (Wildman–Crippen LogP) is 5.60. The van der Waals surface area contributed by atoms with Crippen molar-refractivity contribution in [2.75, 3.05) is 0 Å². The third-order valence-electron chi connectivity index (χ3n) is 5.24. The van der Waals surface area contributed by atoms with Gasteiger partial charge < -0.3 is 15.2 Å². The SMILES string of the molecule is CC1(C(=O)N/C(=C/c2ccc(Oc3ccccc3I)cc2)C(=O)O)CCCCC1. The van der Waals surface area contributed by atoms with Gasteiger partial charge in [-0.3, -0.25) is 4.79 Å². The van der Waals surface area contributed by atoms with E-state index in [0.29, 0.717) is 11.3 Å². The van der Waals surface area contributed by atoms with E-state index in [2.05, 4.69) is 27.9 Å². The average Bonchev–Trinajstić information content (AvgIpc) is 2.71. The first-order chi connectivity index (χ1) is 13.9. The van der Waals surface area contributed by atoms with Crippen molar-refractivity contribution in [2.45, 2.75) is 39.0 Å². The first kappa shape index (κ1) is 21.4. The molecule has 3 rings (SSSR count). The zero-order chi connectivity index (χ0) is 20.9. The van der Waals surface area contributed by atoms with Crippen molar-refractivity contribution in [2.24, 2.45) is 5.41 Å². The second-order valence-electron chi connectivity index (χ2n) is 7.54. The summed E-state index contributed by atoms with van der Waals surface area (Å²) >= 11 is 2.21. The third kappa shape index (κ3) is 5.59. The Bertz CT molecular complexity index is 915. The molecule has 2 aromatic carbocycles. The number of carboxylic acid groups (broad SMARTS) is 1. The molecule has 0 aromatic heterocycles. The molecular weight excluding hydrogens is 481 g/mol. The maximum Gasteiger partial charge on any atom is 0.352 e. The number of carbonyl (C=O) groups excluding carboxylic acids is 1. The molecule has 0 heterocycles. The van der Waals surface area contributed by atoms with Crippen LogP contribution in [0.3, 0.4) is 0 Å². The maximum absolute atomic E-state index is 12.7. The molecular formula is C23H24INO4. The van der Waals surface area contributed by atoms with Crippen LogP contribution in [0.2, 0.25) is 0 Å². The molecule has 1 aliphatic carbocycles. The van der Waals surface area contributed by atoms with E-state index in [4.69, 9.17) is 4.74 Å². The normalized spacial score (nSPS) is 16.1. The number of carbonyl (C=O) groups is 2. The van der Waals surface area contributed by atoms with Gasteiger partial charge >= 0.3 is 5.97 Å². The molecule has 0 atom stereocenters. The predicted molar refractivity (Wildman–Crippen MR) is 121 cm³/mol. The summed E-state index contributed by atoms with van der Waals surface area (Å²) in [5.41, 5.74) is 0.0526. The molecule has 0 bridgehead atoms. The van der Waals surface area contributed by atoms with E-state index in [1.165, 1.54) is 6.08 Å². The lowest BCUT2D eigenvalue weighted by atomic mass is 9.75. The van der Waals surface area contributed by atoms with Crippen molar-refractivity contribution in [1.82, 2.24) is 5.32 Å². The van der Waals surface area contributed by atoms with Crippen LogP contribution >= 0.6 is 22.6 Å². The molecule has 2 aromatic rings.